The predicted octanol–water partition coefficient (Wildman–Crippen LogP) is 3.66. The summed E-state index contributed by atoms with van der Waals surface area (Å²) in [6, 6.07) is 6.05. The van der Waals surface area contributed by atoms with Crippen molar-refractivity contribution < 1.29 is 13.9 Å². The van der Waals surface area contributed by atoms with Crippen LogP contribution in [0, 0.1) is 11.7 Å². The van der Waals surface area contributed by atoms with Crippen LogP contribution < -0.4 is 4.90 Å². The molecule has 1 aromatic rings. The maximum absolute atomic E-state index is 13.1. The largest absolute Gasteiger partial charge is 0.444 e. The number of hydrogen-bond donors (Lipinski definition) is 0. The van der Waals surface area contributed by atoms with Crippen LogP contribution in [0.5, 0.6) is 0 Å². The number of anilines is 1. The standard InChI is InChI=1S/C18H25FN2O2/c1-2-3-10-21(16-6-4-15(19)5-7-16)18(22)23-17-13-20-11-8-14(17)9-12-20/h4-7,14,17H,2-3,8-13H2,1H3/t17-/m0/s1. The lowest BCUT2D eigenvalue weighted by Gasteiger charge is -2.44. The normalized spacial score (nSPS) is 26.1. The van der Waals surface area contributed by atoms with Gasteiger partial charge in [-0.25, -0.2) is 9.18 Å². The molecule has 3 saturated heterocycles. The van der Waals surface area contributed by atoms with E-state index in [4.69, 9.17) is 4.74 Å². The van der Waals surface area contributed by atoms with E-state index in [1.807, 2.05) is 0 Å². The summed E-state index contributed by atoms with van der Waals surface area (Å²) in [5.41, 5.74) is 0.700. The maximum atomic E-state index is 13.1. The van der Waals surface area contributed by atoms with Crippen molar-refractivity contribution in [2.45, 2.75) is 38.7 Å². The van der Waals surface area contributed by atoms with Gasteiger partial charge in [-0.3, -0.25) is 9.80 Å². The first-order valence-electron chi connectivity index (χ1n) is 8.63. The molecule has 0 radical (unpaired) electrons. The van der Waals surface area contributed by atoms with Gasteiger partial charge in [-0.15, -0.1) is 0 Å². The molecule has 3 aliphatic rings. The fraction of sp³-hybridized carbons (Fsp3) is 0.611. The zero-order chi connectivity index (χ0) is 16.2. The highest BCUT2D eigenvalue weighted by Gasteiger charge is 2.37. The van der Waals surface area contributed by atoms with Gasteiger partial charge in [-0.05, 0) is 62.5 Å². The van der Waals surface area contributed by atoms with Crippen molar-refractivity contribution in [3.8, 4) is 0 Å². The summed E-state index contributed by atoms with van der Waals surface area (Å²) in [7, 11) is 0. The molecule has 0 aromatic heterocycles. The minimum absolute atomic E-state index is 0.00502. The van der Waals surface area contributed by atoms with E-state index in [9.17, 15) is 9.18 Å². The van der Waals surface area contributed by atoms with Crippen molar-refractivity contribution in [2.75, 3.05) is 31.1 Å². The first-order chi connectivity index (χ1) is 11.2. The van der Waals surface area contributed by atoms with Crippen molar-refractivity contribution in [1.82, 2.24) is 4.90 Å². The second-order valence-electron chi connectivity index (χ2n) is 6.54. The van der Waals surface area contributed by atoms with Crippen LogP contribution in [0.3, 0.4) is 0 Å². The molecule has 3 heterocycles. The molecule has 0 spiro atoms. The fourth-order valence-corrected chi connectivity index (χ4v) is 3.50. The summed E-state index contributed by atoms with van der Waals surface area (Å²) in [5.74, 6) is 0.195. The molecule has 0 unspecified atom stereocenters. The van der Waals surface area contributed by atoms with Crippen LogP contribution in [0.1, 0.15) is 32.6 Å². The number of ether oxygens (including phenoxy) is 1. The van der Waals surface area contributed by atoms with E-state index in [0.717, 1.165) is 45.3 Å². The van der Waals surface area contributed by atoms with Gasteiger partial charge in [0.05, 0.1) is 0 Å². The number of carbonyl (C=O) groups is 1. The molecule has 4 nitrogen and oxygen atoms in total. The molecule has 3 aliphatic heterocycles. The molecule has 1 amide bonds. The Balaban J connectivity index is 1.68. The number of amides is 1. The predicted molar refractivity (Wildman–Crippen MR) is 88.1 cm³/mol. The van der Waals surface area contributed by atoms with Gasteiger partial charge in [0, 0.05) is 18.8 Å². The lowest BCUT2D eigenvalue weighted by atomic mass is 9.86. The highest BCUT2D eigenvalue weighted by Crippen LogP contribution is 2.30. The number of carbonyl (C=O) groups excluding carboxylic acids is 1. The first kappa shape index (κ1) is 16.2. The Labute approximate surface area is 137 Å². The fourth-order valence-electron chi connectivity index (χ4n) is 3.50. The summed E-state index contributed by atoms with van der Waals surface area (Å²) < 4.78 is 19.0. The minimum atomic E-state index is -0.302. The third-order valence-electron chi connectivity index (χ3n) is 4.94. The lowest BCUT2D eigenvalue weighted by molar-refractivity contribution is -0.0310. The molecule has 3 fully saturated rings. The van der Waals surface area contributed by atoms with Gasteiger partial charge in [0.2, 0.25) is 0 Å². The number of piperidine rings is 3. The lowest BCUT2D eigenvalue weighted by Crippen LogP contribution is -2.53. The van der Waals surface area contributed by atoms with E-state index in [0.29, 0.717) is 18.2 Å². The monoisotopic (exact) mass is 320 g/mol. The van der Waals surface area contributed by atoms with Gasteiger partial charge in [0.1, 0.15) is 11.9 Å². The Morgan fingerprint density at radius 1 is 1.30 bits per heavy atom. The van der Waals surface area contributed by atoms with Crippen LogP contribution in [0.4, 0.5) is 14.9 Å². The first-order valence-corrected chi connectivity index (χ1v) is 8.63. The van der Waals surface area contributed by atoms with Gasteiger partial charge >= 0.3 is 6.09 Å². The molecular formula is C18H25FN2O2. The van der Waals surface area contributed by atoms with Crippen LogP contribution >= 0.6 is 0 Å². The maximum Gasteiger partial charge on any atom is 0.414 e. The Morgan fingerprint density at radius 2 is 2.00 bits per heavy atom. The summed E-state index contributed by atoms with van der Waals surface area (Å²) >= 11 is 0. The third kappa shape index (κ3) is 3.83. The van der Waals surface area contributed by atoms with Gasteiger partial charge in [0.25, 0.3) is 0 Å². The average Bonchev–Trinajstić information content (AvgIpc) is 2.58. The number of benzene rings is 1. The second kappa shape index (κ2) is 7.30. The Morgan fingerprint density at radius 3 is 2.57 bits per heavy atom. The van der Waals surface area contributed by atoms with E-state index in [1.54, 1.807) is 17.0 Å². The summed E-state index contributed by atoms with van der Waals surface area (Å²) in [6.45, 7) is 5.78. The Hall–Kier alpha value is -1.62. The molecule has 1 aromatic carbocycles. The number of rotatable bonds is 5. The van der Waals surface area contributed by atoms with Crippen molar-refractivity contribution in [3.05, 3.63) is 30.1 Å². The van der Waals surface area contributed by atoms with E-state index >= 15 is 0 Å². The smallest absolute Gasteiger partial charge is 0.414 e. The summed E-state index contributed by atoms with van der Waals surface area (Å²) in [6.07, 6.45) is 3.81. The molecule has 0 aliphatic carbocycles. The van der Waals surface area contributed by atoms with E-state index in [1.165, 1.54) is 12.1 Å². The Bertz CT molecular complexity index is 526. The minimum Gasteiger partial charge on any atom is -0.444 e. The molecule has 23 heavy (non-hydrogen) atoms. The third-order valence-corrected chi connectivity index (χ3v) is 4.94. The quantitative estimate of drug-likeness (QED) is 0.830. The average molecular weight is 320 g/mol. The van der Waals surface area contributed by atoms with Gasteiger partial charge in [-0.1, -0.05) is 13.3 Å². The number of unbranched alkanes of at least 4 members (excludes halogenated alkanes) is 1. The van der Waals surface area contributed by atoms with Crippen molar-refractivity contribution in [2.24, 2.45) is 5.92 Å². The molecule has 126 valence electrons. The number of hydrogen-bond acceptors (Lipinski definition) is 3. The zero-order valence-electron chi connectivity index (χ0n) is 13.7. The van der Waals surface area contributed by atoms with Crippen molar-refractivity contribution in [1.29, 1.82) is 0 Å². The number of halogens is 1. The summed E-state index contributed by atoms with van der Waals surface area (Å²) in [5, 5.41) is 0. The van der Waals surface area contributed by atoms with Crippen LogP contribution in [0.15, 0.2) is 24.3 Å². The number of fused-ring (bicyclic) bond motifs is 3. The van der Waals surface area contributed by atoms with Crippen LogP contribution in [0.2, 0.25) is 0 Å². The van der Waals surface area contributed by atoms with E-state index < -0.39 is 0 Å². The van der Waals surface area contributed by atoms with Gasteiger partial charge in [0.15, 0.2) is 0 Å². The van der Waals surface area contributed by atoms with Gasteiger partial charge in [-0.2, -0.15) is 0 Å². The molecule has 0 N–H and O–H groups in total. The topological polar surface area (TPSA) is 32.8 Å². The molecule has 4 rings (SSSR count). The SMILES string of the molecule is CCCCN(C(=O)O[C@H]1CN2CCC1CC2)c1ccc(F)cc1. The molecule has 0 saturated carbocycles. The second-order valence-corrected chi connectivity index (χ2v) is 6.54. The van der Waals surface area contributed by atoms with Crippen molar-refractivity contribution >= 4 is 11.8 Å². The van der Waals surface area contributed by atoms with E-state index in [2.05, 4.69) is 11.8 Å². The van der Waals surface area contributed by atoms with Crippen LogP contribution in [0.25, 0.3) is 0 Å². The van der Waals surface area contributed by atoms with Gasteiger partial charge < -0.3 is 4.74 Å². The molecular weight excluding hydrogens is 295 g/mol. The Kier molecular flexibility index (Phi) is 5.16. The van der Waals surface area contributed by atoms with Crippen LogP contribution in [-0.2, 0) is 4.74 Å². The summed E-state index contributed by atoms with van der Waals surface area (Å²) in [4.78, 5) is 16.7. The van der Waals surface area contributed by atoms with Crippen LogP contribution in [-0.4, -0.2) is 43.3 Å². The highest BCUT2D eigenvalue weighted by atomic mass is 19.1. The molecule has 2 bridgehead atoms. The highest BCUT2D eigenvalue weighted by molar-refractivity contribution is 5.87. The van der Waals surface area contributed by atoms with Crippen molar-refractivity contribution in [3.63, 3.8) is 0 Å². The number of nitrogens with zero attached hydrogens (tertiary/aromatic N) is 2. The zero-order valence-corrected chi connectivity index (χ0v) is 13.7. The van der Waals surface area contributed by atoms with E-state index in [-0.39, 0.29) is 18.0 Å². The molecule has 5 heteroatoms. The molecule has 1 atom stereocenters.